The Labute approximate surface area is 94.2 Å². The highest BCUT2D eigenvalue weighted by atomic mass is 16.5. The summed E-state index contributed by atoms with van der Waals surface area (Å²) in [4.78, 5) is 7.81. The summed E-state index contributed by atoms with van der Waals surface area (Å²) < 4.78 is 4.99. The Bertz CT molecular complexity index is 483. The van der Waals surface area contributed by atoms with E-state index in [1.165, 1.54) is 6.21 Å². The zero-order valence-electron chi connectivity index (χ0n) is 8.97. The third-order valence-electron chi connectivity index (χ3n) is 1.82. The van der Waals surface area contributed by atoms with Gasteiger partial charge in [-0.25, -0.2) is 9.98 Å². The molecule has 4 heteroatoms. The predicted octanol–water partition coefficient (Wildman–Crippen LogP) is 2.21. The molecule has 1 heterocycles. The number of allylic oxidation sites excluding steroid dienone is 2. The van der Waals surface area contributed by atoms with Crippen molar-refractivity contribution in [3.05, 3.63) is 42.7 Å². The number of aromatic nitrogens is 1. The molecule has 0 aromatic carbocycles. The van der Waals surface area contributed by atoms with E-state index in [4.69, 9.17) is 10.00 Å². The zero-order valence-corrected chi connectivity index (χ0v) is 8.97. The summed E-state index contributed by atoms with van der Waals surface area (Å²) in [5, 5.41) is 8.48. The number of ether oxygens (including phenoxy) is 1. The summed E-state index contributed by atoms with van der Waals surface area (Å²) in [5.41, 5.74) is 1.64. The Morgan fingerprint density at radius 2 is 2.38 bits per heavy atom. The van der Waals surface area contributed by atoms with E-state index in [2.05, 4.69) is 23.1 Å². The fourth-order valence-corrected chi connectivity index (χ4v) is 0.980. The van der Waals surface area contributed by atoms with Crippen LogP contribution in [0, 0.1) is 11.3 Å². The number of nitrogens with zero attached hydrogens (tertiary/aromatic N) is 3. The fourth-order valence-electron chi connectivity index (χ4n) is 0.980. The van der Waals surface area contributed by atoms with E-state index in [0.29, 0.717) is 11.5 Å². The quantitative estimate of drug-likeness (QED) is 0.569. The highest BCUT2D eigenvalue weighted by Gasteiger charge is 1.99. The third-order valence-corrected chi connectivity index (χ3v) is 1.82. The first kappa shape index (κ1) is 11.7. The summed E-state index contributed by atoms with van der Waals surface area (Å²) in [6.07, 6.45) is 3.10. The zero-order chi connectivity index (χ0) is 12.0. The van der Waals surface area contributed by atoms with Crippen molar-refractivity contribution in [1.29, 1.82) is 5.26 Å². The number of hydrogen-bond acceptors (Lipinski definition) is 4. The van der Waals surface area contributed by atoms with E-state index in [-0.39, 0.29) is 5.70 Å². The van der Waals surface area contributed by atoms with Gasteiger partial charge in [-0.3, -0.25) is 0 Å². The Kier molecular flexibility index (Phi) is 3.98. The van der Waals surface area contributed by atoms with Crippen molar-refractivity contribution in [2.24, 2.45) is 4.99 Å². The lowest BCUT2D eigenvalue weighted by molar-refractivity contribution is 0.398. The molecule has 1 aromatic rings. The van der Waals surface area contributed by atoms with Crippen LogP contribution in [0.25, 0.3) is 5.57 Å². The van der Waals surface area contributed by atoms with Crippen molar-refractivity contribution in [1.82, 2.24) is 4.98 Å². The Balaban J connectivity index is 2.85. The maximum Gasteiger partial charge on any atom is 0.213 e. The molecule has 0 radical (unpaired) electrons. The van der Waals surface area contributed by atoms with Gasteiger partial charge in [0.15, 0.2) is 0 Å². The molecule has 0 amide bonds. The SMILES string of the molecule is C=C(C#N)N=CC(=C)c1ccnc(OC)c1. The molecule has 0 atom stereocenters. The Morgan fingerprint density at radius 1 is 1.62 bits per heavy atom. The number of hydrogen-bond donors (Lipinski definition) is 0. The molecule has 0 aliphatic heterocycles. The van der Waals surface area contributed by atoms with Crippen LogP contribution in [-0.2, 0) is 0 Å². The number of nitriles is 1. The van der Waals surface area contributed by atoms with Gasteiger partial charge in [-0.1, -0.05) is 13.2 Å². The van der Waals surface area contributed by atoms with Gasteiger partial charge in [0.2, 0.25) is 5.88 Å². The predicted molar refractivity (Wildman–Crippen MR) is 63.1 cm³/mol. The molecule has 80 valence electrons. The summed E-state index contributed by atoms with van der Waals surface area (Å²) >= 11 is 0. The number of rotatable bonds is 4. The first-order valence-electron chi connectivity index (χ1n) is 4.49. The van der Waals surface area contributed by atoms with Crippen molar-refractivity contribution in [3.8, 4) is 11.9 Å². The van der Waals surface area contributed by atoms with Crippen LogP contribution in [0.2, 0.25) is 0 Å². The summed E-state index contributed by atoms with van der Waals surface area (Å²) in [7, 11) is 1.54. The van der Waals surface area contributed by atoms with Crippen LogP contribution in [0.5, 0.6) is 5.88 Å². The van der Waals surface area contributed by atoms with E-state index < -0.39 is 0 Å². The molecule has 0 saturated carbocycles. The maximum atomic E-state index is 8.48. The highest BCUT2D eigenvalue weighted by molar-refractivity contribution is 6.09. The van der Waals surface area contributed by atoms with E-state index in [9.17, 15) is 0 Å². The second-order valence-corrected chi connectivity index (χ2v) is 2.93. The van der Waals surface area contributed by atoms with Crippen molar-refractivity contribution in [2.45, 2.75) is 0 Å². The van der Waals surface area contributed by atoms with E-state index in [1.54, 1.807) is 25.4 Å². The molecule has 1 aromatic heterocycles. The molecular weight excluding hydrogens is 202 g/mol. The molecule has 0 fully saturated rings. The molecule has 0 N–H and O–H groups in total. The molecule has 16 heavy (non-hydrogen) atoms. The number of methoxy groups -OCH3 is 1. The third kappa shape index (κ3) is 3.07. The van der Waals surface area contributed by atoms with Gasteiger partial charge in [0.05, 0.1) is 7.11 Å². The second-order valence-electron chi connectivity index (χ2n) is 2.93. The van der Waals surface area contributed by atoms with Crippen molar-refractivity contribution in [3.63, 3.8) is 0 Å². The van der Waals surface area contributed by atoms with E-state index >= 15 is 0 Å². The van der Waals surface area contributed by atoms with Crippen LogP contribution in [0.3, 0.4) is 0 Å². The van der Waals surface area contributed by atoms with Crippen molar-refractivity contribution >= 4 is 11.8 Å². The van der Waals surface area contributed by atoms with Crippen LogP contribution in [0.4, 0.5) is 0 Å². The molecule has 0 aliphatic rings. The van der Waals surface area contributed by atoms with Crippen LogP contribution >= 0.6 is 0 Å². The van der Waals surface area contributed by atoms with E-state index in [1.807, 2.05) is 6.07 Å². The Hall–Kier alpha value is -2.41. The molecule has 0 bridgehead atoms. The number of aliphatic imine (C=N–C) groups is 1. The second kappa shape index (κ2) is 5.47. The molecule has 0 aliphatic carbocycles. The van der Waals surface area contributed by atoms with Gasteiger partial charge in [0.1, 0.15) is 11.8 Å². The first-order valence-corrected chi connectivity index (χ1v) is 4.49. The topological polar surface area (TPSA) is 58.3 Å². The lowest BCUT2D eigenvalue weighted by Gasteiger charge is -2.02. The molecule has 4 nitrogen and oxygen atoms in total. The summed E-state index contributed by atoms with van der Waals surface area (Å²) in [6.45, 7) is 7.26. The molecule has 0 saturated heterocycles. The van der Waals surface area contributed by atoms with Crippen LogP contribution in [-0.4, -0.2) is 18.3 Å². The standard InChI is InChI=1S/C12H11N3O/c1-9(8-15-10(2)7-13)11-4-5-14-12(6-11)16-3/h4-6,8H,1-2H2,3H3. The summed E-state index contributed by atoms with van der Waals surface area (Å²) in [5.74, 6) is 0.506. The van der Waals surface area contributed by atoms with Crippen LogP contribution < -0.4 is 4.74 Å². The highest BCUT2D eigenvalue weighted by Crippen LogP contribution is 2.15. The van der Waals surface area contributed by atoms with Crippen molar-refractivity contribution in [2.75, 3.05) is 7.11 Å². The van der Waals surface area contributed by atoms with Gasteiger partial charge in [-0.2, -0.15) is 5.26 Å². The van der Waals surface area contributed by atoms with Gasteiger partial charge in [-0.05, 0) is 17.2 Å². The lowest BCUT2D eigenvalue weighted by atomic mass is 10.1. The average Bonchev–Trinajstić information content (AvgIpc) is 2.35. The van der Waals surface area contributed by atoms with Gasteiger partial charge in [0.25, 0.3) is 0 Å². The Morgan fingerprint density at radius 3 is 3.00 bits per heavy atom. The van der Waals surface area contributed by atoms with Crippen LogP contribution in [0.1, 0.15) is 5.56 Å². The van der Waals surface area contributed by atoms with Crippen LogP contribution in [0.15, 0.2) is 42.2 Å². The molecule has 0 unspecified atom stereocenters. The lowest BCUT2D eigenvalue weighted by Crippen LogP contribution is -1.90. The fraction of sp³-hybridized carbons (Fsp3) is 0.0833. The van der Waals surface area contributed by atoms with Gasteiger partial charge >= 0.3 is 0 Å². The molecule has 1 rings (SSSR count). The smallest absolute Gasteiger partial charge is 0.213 e. The largest absolute Gasteiger partial charge is 0.481 e. The van der Waals surface area contributed by atoms with Crippen molar-refractivity contribution < 1.29 is 4.74 Å². The van der Waals surface area contributed by atoms with Gasteiger partial charge in [-0.15, -0.1) is 0 Å². The minimum atomic E-state index is 0.141. The van der Waals surface area contributed by atoms with Gasteiger partial charge in [0, 0.05) is 18.5 Å². The van der Waals surface area contributed by atoms with E-state index in [0.717, 1.165) is 5.56 Å². The average molecular weight is 213 g/mol. The molecule has 0 spiro atoms. The minimum absolute atomic E-state index is 0.141. The monoisotopic (exact) mass is 213 g/mol. The minimum Gasteiger partial charge on any atom is -0.481 e. The first-order chi connectivity index (χ1) is 7.67. The van der Waals surface area contributed by atoms with Gasteiger partial charge < -0.3 is 4.74 Å². The normalized spacial score (nSPS) is 9.75. The maximum absolute atomic E-state index is 8.48. The molecular formula is C12H11N3O. The summed E-state index contributed by atoms with van der Waals surface area (Å²) in [6, 6.07) is 5.35. The number of pyridine rings is 1.